The van der Waals surface area contributed by atoms with Gasteiger partial charge in [-0.05, 0) is 23.8 Å². The predicted molar refractivity (Wildman–Crippen MR) is 113 cm³/mol. The quantitative estimate of drug-likeness (QED) is 0.533. The van der Waals surface area contributed by atoms with Crippen LogP contribution < -0.4 is 21.3 Å². The molecule has 8 nitrogen and oxygen atoms in total. The average molecular weight is 402 g/mol. The maximum atomic E-state index is 13.2. The molecule has 0 saturated heterocycles. The van der Waals surface area contributed by atoms with Crippen molar-refractivity contribution in [1.82, 2.24) is 14.5 Å². The van der Waals surface area contributed by atoms with Crippen molar-refractivity contribution in [3.63, 3.8) is 0 Å². The van der Waals surface area contributed by atoms with Crippen molar-refractivity contribution >= 4 is 22.5 Å². The Morgan fingerprint density at radius 2 is 1.77 bits per heavy atom. The molecule has 0 unspecified atom stereocenters. The Morgan fingerprint density at radius 1 is 1.03 bits per heavy atom. The molecule has 0 fully saturated rings. The number of hydrogen-bond acceptors (Lipinski definition) is 5. The molecule has 1 atom stereocenters. The molecule has 2 N–H and O–H groups in total. The summed E-state index contributed by atoms with van der Waals surface area (Å²) in [4.78, 5) is 45.9. The van der Waals surface area contributed by atoms with Crippen LogP contribution in [0, 0.1) is 0 Å². The van der Waals surface area contributed by atoms with Crippen LogP contribution in [0.2, 0.25) is 0 Å². The van der Waals surface area contributed by atoms with Crippen molar-refractivity contribution in [3.05, 3.63) is 99.3 Å². The number of benzene rings is 2. The zero-order chi connectivity index (χ0) is 21.1. The highest BCUT2D eigenvalue weighted by molar-refractivity contribution is 5.96. The lowest BCUT2D eigenvalue weighted by Crippen LogP contribution is -2.43. The minimum absolute atomic E-state index is 0.317. The number of hydrogen-bond donors (Lipinski definition) is 2. The van der Waals surface area contributed by atoms with Gasteiger partial charge < -0.3 is 15.0 Å². The number of H-pyrrole nitrogens is 1. The van der Waals surface area contributed by atoms with Gasteiger partial charge in [-0.2, -0.15) is 0 Å². The Kier molecular flexibility index (Phi) is 5.13. The van der Waals surface area contributed by atoms with E-state index in [-0.39, 0.29) is 0 Å². The number of carbonyl (C=O) groups is 1. The van der Waals surface area contributed by atoms with E-state index >= 15 is 0 Å². The highest BCUT2D eigenvalue weighted by Gasteiger charge is 2.27. The van der Waals surface area contributed by atoms with Crippen LogP contribution in [-0.2, 0) is 4.79 Å². The number of rotatable bonds is 5. The minimum Gasteiger partial charge on any atom is -0.481 e. The molecule has 4 aromatic rings. The molecule has 150 valence electrons. The van der Waals surface area contributed by atoms with E-state index in [0.717, 1.165) is 4.57 Å². The van der Waals surface area contributed by atoms with Crippen LogP contribution in [-0.4, -0.2) is 27.6 Å². The summed E-state index contributed by atoms with van der Waals surface area (Å²) in [6.45, 7) is 0. The topological polar surface area (TPSA) is 106 Å². The van der Waals surface area contributed by atoms with Crippen molar-refractivity contribution in [3.8, 4) is 5.88 Å². The highest BCUT2D eigenvalue weighted by atomic mass is 16.5. The number of carbonyl (C=O) groups excluding carboxylic acids is 1. The van der Waals surface area contributed by atoms with E-state index < -0.39 is 23.2 Å². The fourth-order valence-corrected chi connectivity index (χ4v) is 3.25. The lowest BCUT2D eigenvalue weighted by molar-refractivity contribution is -0.118. The summed E-state index contributed by atoms with van der Waals surface area (Å²) in [5.41, 5.74) is 0.100. The molecule has 2 aromatic carbocycles. The van der Waals surface area contributed by atoms with Crippen molar-refractivity contribution in [2.45, 2.75) is 6.04 Å². The van der Waals surface area contributed by atoms with Gasteiger partial charge >= 0.3 is 5.69 Å². The first kappa shape index (κ1) is 19.1. The summed E-state index contributed by atoms with van der Waals surface area (Å²) >= 11 is 0. The number of ether oxygens (including phenoxy) is 1. The summed E-state index contributed by atoms with van der Waals surface area (Å²) in [7, 11) is 1.49. The third-order valence-electron chi connectivity index (χ3n) is 4.67. The van der Waals surface area contributed by atoms with E-state index in [4.69, 9.17) is 4.74 Å². The van der Waals surface area contributed by atoms with Crippen LogP contribution in [0.15, 0.2) is 82.5 Å². The fraction of sp³-hybridized carbons (Fsp3) is 0.0909. The van der Waals surface area contributed by atoms with Gasteiger partial charge in [-0.15, -0.1) is 0 Å². The second-order valence-electron chi connectivity index (χ2n) is 6.54. The van der Waals surface area contributed by atoms with Crippen LogP contribution in [0.1, 0.15) is 11.6 Å². The van der Waals surface area contributed by atoms with Crippen LogP contribution in [0.5, 0.6) is 5.88 Å². The number of anilines is 1. The van der Waals surface area contributed by atoms with E-state index in [0.29, 0.717) is 28.0 Å². The molecule has 2 aromatic heterocycles. The molecule has 0 spiro atoms. The lowest BCUT2D eigenvalue weighted by atomic mass is 10.1. The number of aromatic nitrogens is 3. The third-order valence-corrected chi connectivity index (χ3v) is 4.67. The van der Waals surface area contributed by atoms with Crippen molar-refractivity contribution in [2.75, 3.05) is 12.4 Å². The summed E-state index contributed by atoms with van der Waals surface area (Å²) in [5, 5.41) is 3.04. The first-order valence-electron chi connectivity index (χ1n) is 9.18. The molecule has 8 heteroatoms. The second-order valence-corrected chi connectivity index (χ2v) is 6.54. The molecule has 0 saturated carbocycles. The number of nitrogens with zero attached hydrogens (tertiary/aromatic N) is 2. The van der Waals surface area contributed by atoms with Gasteiger partial charge in [0.05, 0.1) is 29.9 Å². The van der Waals surface area contributed by atoms with Crippen LogP contribution >= 0.6 is 0 Å². The van der Waals surface area contributed by atoms with Gasteiger partial charge in [-0.1, -0.05) is 42.5 Å². The number of fused-ring (bicyclic) bond motifs is 1. The number of para-hydroxylation sites is 1. The fourth-order valence-electron chi connectivity index (χ4n) is 3.25. The van der Waals surface area contributed by atoms with Gasteiger partial charge in [-0.25, -0.2) is 14.3 Å². The number of nitrogens with one attached hydrogen (secondary N) is 2. The molecule has 0 bridgehead atoms. The zero-order valence-electron chi connectivity index (χ0n) is 16.0. The molecule has 0 aliphatic heterocycles. The Bertz CT molecular complexity index is 1310. The van der Waals surface area contributed by atoms with Crippen LogP contribution in [0.4, 0.5) is 5.69 Å². The highest BCUT2D eigenvalue weighted by Crippen LogP contribution is 2.19. The molecule has 2 heterocycles. The van der Waals surface area contributed by atoms with E-state index in [1.165, 1.54) is 13.3 Å². The Hall–Kier alpha value is -4.20. The maximum absolute atomic E-state index is 13.2. The van der Waals surface area contributed by atoms with Crippen molar-refractivity contribution in [2.24, 2.45) is 0 Å². The molecule has 0 aliphatic rings. The van der Waals surface area contributed by atoms with Gasteiger partial charge in [0.1, 0.15) is 6.04 Å². The molecule has 30 heavy (non-hydrogen) atoms. The third kappa shape index (κ3) is 3.58. The largest absolute Gasteiger partial charge is 0.481 e. The summed E-state index contributed by atoms with van der Waals surface area (Å²) in [6.07, 6.45) is 1.44. The van der Waals surface area contributed by atoms with Gasteiger partial charge in [0.15, 0.2) is 0 Å². The normalized spacial score (nSPS) is 11.8. The average Bonchev–Trinajstić information content (AvgIpc) is 2.77. The smallest absolute Gasteiger partial charge is 0.329 e. The first-order valence-corrected chi connectivity index (χ1v) is 9.18. The van der Waals surface area contributed by atoms with Crippen molar-refractivity contribution in [1.29, 1.82) is 0 Å². The molecule has 0 radical (unpaired) electrons. The molecule has 4 rings (SSSR count). The number of aromatic amines is 1. The summed E-state index contributed by atoms with van der Waals surface area (Å²) in [5.74, 6) is -0.147. The SMILES string of the molecule is COc1ccc(NC(=O)[C@H](c2ccccc2)n2c(=O)[nH]c3ccccc3c2=O)cn1. The van der Waals surface area contributed by atoms with Crippen molar-refractivity contribution < 1.29 is 9.53 Å². The molecule has 0 aliphatic carbocycles. The summed E-state index contributed by atoms with van der Waals surface area (Å²) in [6, 6.07) is 17.4. The van der Waals surface area contributed by atoms with Gasteiger partial charge in [-0.3, -0.25) is 9.59 Å². The van der Waals surface area contributed by atoms with Crippen LogP contribution in [0.3, 0.4) is 0 Å². The first-order chi connectivity index (χ1) is 14.6. The Labute approximate surface area is 170 Å². The molecule has 1 amide bonds. The number of methoxy groups -OCH3 is 1. The lowest BCUT2D eigenvalue weighted by Gasteiger charge is -2.19. The van der Waals surface area contributed by atoms with E-state index in [9.17, 15) is 14.4 Å². The predicted octanol–water partition coefficient (Wildman–Crippen LogP) is 2.32. The van der Waals surface area contributed by atoms with Crippen LogP contribution in [0.25, 0.3) is 10.9 Å². The zero-order valence-corrected chi connectivity index (χ0v) is 16.0. The second kappa shape index (κ2) is 8.04. The number of amides is 1. The summed E-state index contributed by atoms with van der Waals surface area (Å²) < 4.78 is 5.95. The number of pyridine rings is 1. The standard InChI is InChI=1S/C22H18N4O4/c1-30-18-12-11-15(13-23-18)24-20(27)19(14-7-3-2-4-8-14)26-21(28)16-9-5-6-10-17(16)25-22(26)29/h2-13,19H,1H3,(H,24,27)(H,25,29)/t19-/m0/s1. The van der Waals surface area contributed by atoms with E-state index in [1.807, 2.05) is 0 Å². The molecular formula is C22H18N4O4. The van der Waals surface area contributed by atoms with Gasteiger partial charge in [0, 0.05) is 6.07 Å². The minimum atomic E-state index is -1.17. The molecular weight excluding hydrogens is 384 g/mol. The van der Waals surface area contributed by atoms with Gasteiger partial charge in [0.2, 0.25) is 5.88 Å². The van der Waals surface area contributed by atoms with E-state index in [2.05, 4.69) is 15.3 Å². The van der Waals surface area contributed by atoms with E-state index in [1.54, 1.807) is 66.7 Å². The Balaban J connectivity index is 1.83. The monoisotopic (exact) mass is 402 g/mol. The maximum Gasteiger partial charge on any atom is 0.329 e. The Morgan fingerprint density at radius 3 is 2.47 bits per heavy atom. The van der Waals surface area contributed by atoms with Gasteiger partial charge in [0.25, 0.3) is 11.5 Å².